The van der Waals surface area contributed by atoms with Crippen LogP contribution in [0.25, 0.3) is 0 Å². The van der Waals surface area contributed by atoms with E-state index in [-0.39, 0.29) is 0 Å². The van der Waals surface area contributed by atoms with E-state index in [1.807, 2.05) is 0 Å². The summed E-state index contributed by atoms with van der Waals surface area (Å²) in [5.41, 5.74) is 0. The molecular formula is C8H18N2. The number of hydrogen-bond acceptors (Lipinski definition) is 2. The molecule has 0 aromatic heterocycles. The molecule has 0 radical (unpaired) electrons. The van der Waals surface area contributed by atoms with Crippen LogP contribution >= 0.6 is 0 Å². The zero-order chi connectivity index (χ0) is 7.56. The molecule has 2 atom stereocenters. The average Bonchev–Trinajstić information content (AvgIpc) is 2.34. The van der Waals surface area contributed by atoms with Gasteiger partial charge in [0.05, 0.1) is 0 Å². The molecule has 1 heterocycles. The zero-order valence-electron chi connectivity index (χ0n) is 7.22. The molecule has 10 heavy (non-hydrogen) atoms. The first-order valence-electron chi connectivity index (χ1n) is 4.17. The minimum Gasteiger partial charge on any atom is -0.313 e. The van der Waals surface area contributed by atoms with Crippen LogP contribution in [0.15, 0.2) is 0 Å². The topological polar surface area (TPSA) is 15.3 Å². The molecule has 0 saturated carbocycles. The van der Waals surface area contributed by atoms with E-state index >= 15 is 0 Å². The van der Waals surface area contributed by atoms with Gasteiger partial charge in [0.25, 0.3) is 0 Å². The molecule has 0 bridgehead atoms. The second-order valence-electron chi connectivity index (χ2n) is 3.27. The van der Waals surface area contributed by atoms with Crippen LogP contribution in [0.2, 0.25) is 0 Å². The van der Waals surface area contributed by atoms with Gasteiger partial charge in [0.1, 0.15) is 0 Å². The minimum atomic E-state index is 0.721. The van der Waals surface area contributed by atoms with E-state index in [4.69, 9.17) is 0 Å². The lowest BCUT2D eigenvalue weighted by Gasteiger charge is -2.21. The fourth-order valence-corrected chi connectivity index (χ4v) is 1.51. The van der Waals surface area contributed by atoms with Gasteiger partial charge in [0.2, 0.25) is 0 Å². The normalized spacial score (nSPS) is 33.6. The van der Waals surface area contributed by atoms with Crippen molar-refractivity contribution in [3.63, 3.8) is 0 Å². The van der Waals surface area contributed by atoms with E-state index in [0.717, 1.165) is 12.1 Å². The fraction of sp³-hybridized carbons (Fsp3) is 1.00. The lowest BCUT2D eigenvalue weighted by atomic mass is 10.2. The summed E-state index contributed by atoms with van der Waals surface area (Å²) in [5, 5.41) is 3.44. The van der Waals surface area contributed by atoms with E-state index in [1.165, 1.54) is 19.5 Å². The van der Waals surface area contributed by atoms with Gasteiger partial charge in [-0.2, -0.15) is 0 Å². The number of nitrogens with one attached hydrogen (secondary N) is 1. The van der Waals surface area contributed by atoms with Crippen LogP contribution in [0.5, 0.6) is 0 Å². The summed E-state index contributed by atoms with van der Waals surface area (Å²) in [6.07, 6.45) is 1.31. The maximum atomic E-state index is 3.44. The number of hydrogen-bond donors (Lipinski definition) is 1. The maximum absolute atomic E-state index is 3.44. The summed E-state index contributed by atoms with van der Waals surface area (Å²) in [6.45, 7) is 6.80. The summed E-state index contributed by atoms with van der Waals surface area (Å²) < 4.78 is 0. The molecule has 2 nitrogen and oxygen atoms in total. The molecule has 1 aliphatic rings. The highest BCUT2D eigenvalue weighted by molar-refractivity contribution is 4.83. The predicted octanol–water partition coefficient (Wildman–Crippen LogP) is 0.688. The summed E-state index contributed by atoms with van der Waals surface area (Å²) >= 11 is 0. The third kappa shape index (κ3) is 1.70. The maximum Gasteiger partial charge on any atom is 0.0232 e. The summed E-state index contributed by atoms with van der Waals surface area (Å²) in [5.74, 6) is 0. The lowest BCUT2D eigenvalue weighted by molar-refractivity contribution is 0.268. The molecule has 2 unspecified atom stereocenters. The van der Waals surface area contributed by atoms with Gasteiger partial charge in [-0.05, 0) is 26.9 Å². The Morgan fingerprint density at radius 2 is 2.30 bits per heavy atom. The van der Waals surface area contributed by atoms with Crippen molar-refractivity contribution >= 4 is 0 Å². The monoisotopic (exact) mass is 142 g/mol. The molecular weight excluding hydrogens is 124 g/mol. The largest absolute Gasteiger partial charge is 0.313 e. The SMILES string of the molecule is CCN(C)C1CNC(C)C1. The van der Waals surface area contributed by atoms with Crippen molar-refractivity contribution in [2.75, 3.05) is 20.1 Å². The molecule has 1 N–H and O–H groups in total. The molecule has 1 aliphatic heterocycles. The molecule has 0 spiro atoms. The Hall–Kier alpha value is -0.0800. The third-order valence-electron chi connectivity index (χ3n) is 2.45. The molecule has 1 fully saturated rings. The molecule has 0 aromatic carbocycles. The zero-order valence-corrected chi connectivity index (χ0v) is 7.22. The molecule has 2 heteroatoms. The van der Waals surface area contributed by atoms with Crippen LogP contribution in [0.4, 0.5) is 0 Å². The van der Waals surface area contributed by atoms with Crippen LogP contribution in [-0.4, -0.2) is 37.1 Å². The van der Waals surface area contributed by atoms with E-state index in [9.17, 15) is 0 Å². The molecule has 0 aromatic rings. The van der Waals surface area contributed by atoms with E-state index in [2.05, 4.69) is 31.1 Å². The Morgan fingerprint density at radius 3 is 2.70 bits per heavy atom. The van der Waals surface area contributed by atoms with Gasteiger partial charge in [-0.1, -0.05) is 6.92 Å². The highest BCUT2D eigenvalue weighted by atomic mass is 15.2. The van der Waals surface area contributed by atoms with Gasteiger partial charge in [-0.15, -0.1) is 0 Å². The minimum absolute atomic E-state index is 0.721. The fourth-order valence-electron chi connectivity index (χ4n) is 1.51. The van der Waals surface area contributed by atoms with E-state index in [1.54, 1.807) is 0 Å². The molecule has 60 valence electrons. The Labute approximate surface area is 63.6 Å². The lowest BCUT2D eigenvalue weighted by Crippen LogP contribution is -2.32. The van der Waals surface area contributed by atoms with Crippen LogP contribution in [0.1, 0.15) is 20.3 Å². The van der Waals surface area contributed by atoms with Crippen molar-refractivity contribution in [3.05, 3.63) is 0 Å². The van der Waals surface area contributed by atoms with Crippen LogP contribution < -0.4 is 5.32 Å². The first kappa shape index (κ1) is 8.02. The molecule has 0 aliphatic carbocycles. The molecule has 0 amide bonds. The van der Waals surface area contributed by atoms with Crippen molar-refractivity contribution in [1.82, 2.24) is 10.2 Å². The average molecular weight is 142 g/mol. The van der Waals surface area contributed by atoms with Crippen molar-refractivity contribution in [1.29, 1.82) is 0 Å². The molecule has 1 saturated heterocycles. The van der Waals surface area contributed by atoms with Crippen molar-refractivity contribution in [2.45, 2.75) is 32.4 Å². The molecule has 1 rings (SSSR count). The second kappa shape index (κ2) is 3.35. The van der Waals surface area contributed by atoms with E-state index in [0.29, 0.717) is 0 Å². The smallest absolute Gasteiger partial charge is 0.0232 e. The summed E-state index contributed by atoms with van der Waals surface area (Å²) in [7, 11) is 2.20. The Kier molecular flexibility index (Phi) is 2.69. The Morgan fingerprint density at radius 1 is 1.60 bits per heavy atom. The Bertz CT molecular complexity index is 103. The number of rotatable bonds is 2. The van der Waals surface area contributed by atoms with Crippen molar-refractivity contribution in [3.8, 4) is 0 Å². The second-order valence-corrected chi connectivity index (χ2v) is 3.27. The summed E-state index contributed by atoms with van der Waals surface area (Å²) in [4.78, 5) is 2.41. The van der Waals surface area contributed by atoms with Gasteiger partial charge in [0.15, 0.2) is 0 Å². The Balaban J connectivity index is 2.29. The van der Waals surface area contributed by atoms with Crippen molar-refractivity contribution in [2.24, 2.45) is 0 Å². The van der Waals surface area contributed by atoms with Gasteiger partial charge >= 0.3 is 0 Å². The predicted molar refractivity (Wildman–Crippen MR) is 44.2 cm³/mol. The summed E-state index contributed by atoms with van der Waals surface area (Å²) in [6, 6.07) is 1.50. The van der Waals surface area contributed by atoms with Crippen LogP contribution in [-0.2, 0) is 0 Å². The van der Waals surface area contributed by atoms with Crippen LogP contribution in [0.3, 0.4) is 0 Å². The standard InChI is InChI=1S/C8H18N2/c1-4-10(3)8-5-7(2)9-6-8/h7-9H,4-6H2,1-3H3. The third-order valence-corrected chi connectivity index (χ3v) is 2.45. The first-order chi connectivity index (χ1) is 4.74. The quantitative estimate of drug-likeness (QED) is 0.610. The van der Waals surface area contributed by atoms with Crippen molar-refractivity contribution < 1.29 is 0 Å². The first-order valence-corrected chi connectivity index (χ1v) is 4.17. The van der Waals surface area contributed by atoms with Gasteiger partial charge < -0.3 is 10.2 Å². The number of nitrogens with zero attached hydrogens (tertiary/aromatic N) is 1. The van der Waals surface area contributed by atoms with Gasteiger partial charge in [-0.25, -0.2) is 0 Å². The number of likely N-dealkylation sites (N-methyl/N-ethyl adjacent to an activating group) is 1. The van der Waals surface area contributed by atoms with Gasteiger partial charge in [-0.3, -0.25) is 0 Å². The van der Waals surface area contributed by atoms with E-state index < -0.39 is 0 Å². The van der Waals surface area contributed by atoms with Gasteiger partial charge in [0, 0.05) is 18.6 Å². The highest BCUT2D eigenvalue weighted by Gasteiger charge is 2.22. The highest BCUT2D eigenvalue weighted by Crippen LogP contribution is 2.10. The van der Waals surface area contributed by atoms with Crippen LogP contribution in [0, 0.1) is 0 Å².